The van der Waals surface area contributed by atoms with E-state index in [1.54, 1.807) is 29.2 Å². The zero-order chi connectivity index (χ0) is 38.2. The highest BCUT2D eigenvalue weighted by molar-refractivity contribution is 6.35. The molecule has 0 saturated heterocycles. The van der Waals surface area contributed by atoms with Crippen LogP contribution in [0.1, 0.15) is 106 Å². The van der Waals surface area contributed by atoms with Gasteiger partial charge in [0.1, 0.15) is 6.10 Å². The third kappa shape index (κ3) is 8.17. The second-order valence-corrected chi connectivity index (χ2v) is 18.4. The first-order valence-corrected chi connectivity index (χ1v) is 20.6. The molecule has 0 aromatic heterocycles. The number of hydrogen-bond acceptors (Lipinski definition) is 4. The number of amides is 3. The van der Waals surface area contributed by atoms with Crippen molar-refractivity contribution in [1.82, 2.24) is 10.2 Å². The quantitative estimate of drug-likeness (QED) is 0.236. The lowest BCUT2D eigenvalue weighted by Gasteiger charge is -2.63. The maximum Gasteiger partial charge on any atom is 0.411 e. The van der Waals surface area contributed by atoms with E-state index in [2.05, 4.69) is 44.1 Å². The molecule has 4 aliphatic rings. The third-order valence-corrected chi connectivity index (χ3v) is 14.8. The van der Waals surface area contributed by atoms with Crippen molar-refractivity contribution in [2.24, 2.45) is 46.3 Å². The highest BCUT2D eigenvalue weighted by Gasteiger charge is 2.65. The molecule has 2 aromatic rings. The molecule has 0 unspecified atom stereocenters. The number of carbonyl (C=O) groups is 3. The van der Waals surface area contributed by atoms with Crippen molar-refractivity contribution in [3.05, 3.63) is 75.8 Å². The van der Waals surface area contributed by atoms with E-state index in [1.807, 2.05) is 33.0 Å². The molecule has 4 fully saturated rings. The van der Waals surface area contributed by atoms with Gasteiger partial charge in [0.05, 0.1) is 0 Å². The molecule has 4 saturated carbocycles. The van der Waals surface area contributed by atoms with Crippen LogP contribution in [-0.4, -0.2) is 48.5 Å². The minimum atomic E-state index is -0.485. The lowest BCUT2D eigenvalue weighted by Crippen LogP contribution is -2.60. The van der Waals surface area contributed by atoms with Gasteiger partial charge in [-0.2, -0.15) is 0 Å². The summed E-state index contributed by atoms with van der Waals surface area (Å²) in [6.07, 6.45) is 10.6. The molecule has 2 N–H and O–H groups in total. The summed E-state index contributed by atoms with van der Waals surface area (Å²) in [6.45, 7) is 15.6. The Labute approximate surface area is 327 Å². The number of benzene rings is 2. The van der Waals surface area contributed by atoms with Crippen LogP contribution in [0.2, 0.25) is 10.0 Å². The van der Waals surface area contributed by atoms with Crippen LogP contribution in [0, 0.1) is 60.2 Å². The van der Waals surface area contributed by atoms with Gasteiger partial charge in [-0.25, -0.2) is 4.79 Å². The molecule has 6 rings (SSSR count). The molecule has 7 nitrogen and oxygen atoms in total. The zero-order valence-electron chi connectivity index (χ0n) is 32.5. The Hall–Kier alpha value is -3.03. The number of rotatable bonds is 10. The fourth-order valence-electron chi connectivity index (χ4n) is 11.8. The van der Waals surface area contributed by atoms with Crippen LogP contribution in [0.25, 0.3) is 0 Å². The predicted octanol–water partition coefficient (Wildman–Crippen LogP) is 10.7. The van der Waals surface area contributed by atoms with Gasteiger partial charge in [0.2, 0.25) is 5.91 Å². The molecule has 0 heterocycles. The summed E-state index contributed by atoms with van der Waals surface area (Å²) in [5.74, 6) is 2.66. The van der Waals surface area contributed by atoms with Gasteiger partial charge in [0.15, 0.2) is 0 Å². The molecule has 288 valence electrons. The summed E-state index contributed by atoms with van der Waals surface area (Å²) in [5.41, 5.74) is 3.32. The minimum Gasteiger partial charge on any atom is -0.445 e. The number of fused-ring (bicyclic) bond motifs is 5. The fraction of sp³-hybridized carbons (Fsp3) is 0.614. The van der Waals surface area contributed by atoms with E-state index in [1.165, 1.54) is 0 Å². The summed E-state index contributed by atoms with van der Waals surface area (Å²) < 4.78 is 6.60. The number of anilines is 1. The Balaban J connectivity index is 1.22. The first-order valence-electron chi connectivity index (χ1n) is 19.8. The Bertz CT molecular complexity index is 1670. The number of halogens is 2. The topological polar surface area (TPSA) is 87.7 Å². The molecule has 9 heteroatoms. The van der Waals surface area contributed by atoms with Crippen LogP contribution in [0.3, 0.4) is 0 Å². The predicted molar refractivity (Wildman–Crippen MR) is 214 cm³/mol. The monoisotopic (exact) mass is 763 g/mol. The van der Waals surface area contributed by atoms with E-state index in [0.29, 0.717) is 64.2 Å². The molecule has 0 aliphatic heterocycles. The first-order chi connectivity index (χ1) is 25.1. The van der Waals surface area contributed by atoms with Gasteiger partial charge in [-0.1, -0.05) is 67.2 Å². The van der Waals surface area contributed by atoms with E-state index in [4.69, 9.17) is 27.9 Å². The Morgan fingerprint density at radius 1 is 0.962 bits per heavy atom. The third-order valence-electron chi connectivity index (χ3n) is 14.3. The number of ether oxygens (including phenoxy) is 1. The van der Waals surface area contributed by atoms with Crippen molar-refractivity contribution in [3.63, 3.8) is 0 Å². The number of nitrogens with one attached hydrogen (secondary N) is 2. The van der Waals surface area contributed by atoms with Crippen molar-refractivity contribution in [2.75, 3.05) is 18.9 Å². The number of hydrogen-bond donors (Lipinski definition) is 2. The Kier molecular flexibility index (Phi) is 12.0. The van der Waals surface area contributed by atoms with Crippen LogP contribution >= 0.6 is 23.2 Å². The van der Waals surface area contributed by atoms with Crippen LogP contribution in [-0.2, 0) is 9.53 Å². The first kappa shape index (κ1) is 39.7. The molecule has 0 bridgehead atoms. The van der Waals surface area contributed by atoms with Crippen molar-refractivity contribution in [3.8, 4) is 0 Å². The van der Waals surface area contributed by atoms with Gasteiger partial charge in [-0.05, 0) is 143 Å². The van der Waals surface area contributed by atoms with E-state index < -0.39 is 6.09 Å². The highest BCUT2D eigenvalue weighted by Crippen LogP contribution is 2.69. The summed E-state index contributed by atoms with van der Waals surface area (Å²) in [4.78, 5) is 41.8. The molecule has 3 amide bonds. The molecule has 0 radical (unpaired) electrons. The summed E-state index contributed by atoms with van der Waals surface area (Å²) >= 11 is 12.5. The normalized spacial score (nSPS) is 32.3. The minimum absolute atomic E-state index is 0.0214. The smallest absolute Gasteiger partial charge is 0.411 e. The average Bonchev–Trinajstić information content (AvgIpc) is 3.45. The second-order valence-electron chi connectivity index (χ2n) is 17.5. The summed E-state index contributed by atoms with van der Waals surface area (Å²) in [7, 11) is 1.84. The van der Waals surface area contributed by atoms with Gasteiger partial charge in [0.25, 0.3) is 5.91 Å². The maximum absolute atomic E-state index is 13.8. The maximum atomic E-state index is 13.8. The summed E-state index contributed by atoms with van der Waals surface area (Å²) in [5, 5.41) is 7.23. The number of carbonyl (C=O) groups excluding carboxylic acids is 3. The van der Waals surface area contributed by atoms with E-state index >= 15 is 0 Å². The van der Waals surface area contributed by atoms with Crippen molar-refractivity contribution >= 4 is 46.8 Å². The molecule has 0 spiro atoms. The lowest BCUT2D eigenvalue weighted by molar-refractivity contribution is -0.169. The van der Waals surface area contributed by atoms with Crippen molar-refractivity contribution in [1.29, 1.82) is 0 Å². The molecule has 4 aliphatic carbocycles. The number of nitrogens with zero attached hydrogens (tertiary/aromatic N) is 1. The second kappa shape index (κ2) is 16.0. The number of likely N-dealkylation sites (N-methyl/N-ethyl adjacent to an activating group) is 1. The molecular formula is C44H59Cl2N3O4. The molecule has 2 aromatic carbocycles. The highest BCUT2D eigenvalue weighted by atomic mass is 35.5. The van der Waals surface area contributed by atoms with Gasteiger partial charge < -0.3 is 15.0 Å². The van der Waals surface area contributed by atoms with Crippen LogP contribution in [0.15, 0.2) is 49.1 Å². The van der Waals surface area contributed by atoms with Crippen LogP contribution in [0.4, 0.5) is 10.5 Å². The molecule has 10 atom stereocenters. The van der Waals surface area contributed by atoms with Crippen LogP contribution in [0.5, 0.6) is 0 Å². The molecule has 53 heavy (non-hydrogen) atoms. The van der Waals surface area contributed by atoms with Gasteiger partial charge >= 0.3 is 6.09 Å². The largest absolute Gasteiger partial charge is 0.445 e. The van der Waals surface area contributed by atoms with Crippen LogP contribution < -0.4 is 10.6 Å². The van der Waals surface area contributed by atoms with Crippen molar-refractivity contribution < 1.29 is 19.1 Å². The zero-order valence-corrected chi connectivity index (χ0v) is 34.0. The SMILES string of the molecule is C=CCN(C)C(=O)CC[C@@H](C)[C@H]1CC[C@H]2[C@@H]3CC[C@@H]4C[C@H](NC(=O)c5cc(C)cc(C)c5)CC[C@]4(C)[C@H]3C[C@H](OC(=O)Nc3cc(Cl)cc(Cl)c3)[C@]12C. The van der Waals surface area contributed by atoms with E-state index in [9.17, 15) is 14.4 Å². The van der Waals surface area contributed by atoms with E-state index in [-0.39, 0.29) is 34.8 Å². The lowest BCUT2D eigenvalue weighted by atomic mass is 9.43. The van der Waals surface area contributed by atoms with Gasteiger partial charge in [-0.15, -0.1) is 6.58 Å². The summed E-state index contributed by atoms with van der Waals surface area (Å²) in [6, 6.07) is 11.2. The number of aryl methyl sites for hydroxylation is 2. The standard InChI is InChI=1S/C44H59Cl2N3O4/c1-8-17-49(7)40(50)14-9-28(4)36-12-13-37-35-11-10-30-21-33(47-41(51)29-19-26(2)18-27(3)20-29)15-16-43(30,5)38(35)25-39(44(36,37)6)53-42(52)48-34-23-31(45)22-32(46)24-34/h8,18-20,22-24,28,30,33,35-39H,1,9-17,21,25H2,2-7H3,(H,47,51)(H,48,52)/t28-,30-,33-,35+,36-,37+,38+,39+,43+,44-/m1/s1. The average molecular weight is 765 g/mol. The van der Waals surface area contributed by atoms with Crippen molar-refractivity contribution in [2.45, 2.75) is 111 Å². The van der Waals surface area contributed by atoms with Gasteiger partial charge in [0, 0.05) is 52.8 Å². The fourth-order valence-corrected chi connectivity index (χ4v) is 12.3. The molecular weight excluding hydrogens is 705 g/mol. The van der Waals surface area contributed by atoms with E-state index in [0.717, 1.165) is 74.5 Å². The Morgan fingerprint density at radius 3 is 2.34 bits per heavy atom. The van der Waals surface area contributed by atoms with Gasteiger partial charge in [-0.3, -0.25) is 14.9 Å². The Morgan fingerprint density at radius 2 is 1.66 bits per heavy atom.